The van der Waals surface area contributed by atoms with Gasteiger partial charge in [0.05, 0.1) is 0 Å². The van der Waals surface area contributed by atoms with Crippen LogP contribution in [0.25, 0.3) is 0 Å². The molecule has 1 heteroatoms. The summed E-state index contributed by atoms with van der Waals surface area (Å²) in [4.78, 5) is 0. The molecule has 0 aromatic rings. The van der Waals surface area contributed by atoms with E-state index in [1.807, 2.05) is 20.0 Å². The lowest BCUT2D eigenvalue weighted by atomic mass is 10.0. The summed E-state index contributed by atoms with van der Waals surface area (Å²) in [6.07, 6.45) is 7.11. The summed E-state index contributed by atoms with van der Waals surface area (Å²) in [6.45, 7) is 13.0. The van der Waals surface area contributed by atoms with Gasteiger partial charge in [0.2, 0.25) is 0 Å². The highest BCUT2D eigenvalue weighted by atomic mass is 14.8. The van der Waals surface area contributed by atoms with Crippen LogP contribution < -0.4 is 5.32 Å². The molecule has 0 aromatic carbocycles. The van der Waals surface area contributed by atoms with E-state index in [2.05, 4.69) is 37.6 Å². The van der Waals surface area contributed by atoms with Gasteiger partial charge in [-0.25, -0.2) is 0 Å². The number of allylic oxidation sites excluding steroid dienone is 5. The van der Waals surface area contributed by atoms with Crippen LogP contribution in [0.2, 0.25) is 0 Å². The lowest BCUT2D eigenvalue weighted by Crippen LogP contribution is -2.08. The zero-order valence-electron chi connectivity index (χ0n) is 9.56. The molecule has 1 nitrogen and oxygen atoms in total. The highest BCUT2D eigenvalue weighted by molar-refractivity contribution is 5.39. The van der Waals surface area contributed by atoms with E-state index in [1.165, 1.54) is 5.57 Å². The molecule has 0 aliphatic carbocycles. The Bertz CT molecular complexity index is 256. The van der Waals surface area contributed by atoms with Crippen LogP contribution in [-0.2, 0) is 0 Å². The maximum absolute atomic E-state index is 4.00. The smallest absolute Gasteiger partial charge is 0.00114 e. The molecule has 0 heterocycles. The van der Waals surface area contributed by atoms with Gasteiger partial charge in [-0.3, -0.25) is 0 Å². The molecule has 1 N–H and O–H groups in total. The van der Waals surface area contributed by atoms with Crippen molar-refractivity contribution >= 4 is 0 Å². The average molecular weight is 191 g/mol. The summed E-state index contributed by atoms with van der Waals surface area (Å²) in [7, 11) is 1.94. The summed E-state index contributed by atoms with van der Waals surface area (Å²) in [6, 6.07) is 0. The average Bonchev–Trinajstić information content (AvgIpc) is 2.14. The van der Waals surface area contributed by atoms with Crippen LogP contribution in [-0.4, -0.2) is 13.6 Å². The van der Waals surface area contributed by atoms with E-state index in [-0.39, 0.29) is 0 Å². The molecule has 0 aromatic heterocycles. The van der Waals surface area contributed by atoms with E-state index in [0.29, 0.717) is 0 Å². The molecule has 0 spiro atoms. The van der Waals surface area contributed by atoms with Gasteiger partial charge in [-0.05, 0) is 45.0 Å². The largest absolute Gasteiger partial charge is 0.319 e. The molecular formula is C13H21N. The van der Waals surface area contributed by atoms with E-state index in [9.17, 15) is 0 Å². The molecule has 78 valence electrons. The molecule has 0 aliphatic rings. The third-order valence-electron chi connectivity index (χ3n) is 1.96. The predicted octanol–water partition coefficient (Wildman–Crippen LogP) is 3.23. The molecular weight excluding hydrogens is 170 g/mol. The highest BCUT2D eigenvalue weighted by Gasteiger charge is 1.96. The lowest BCUT2D eigenvalue weighted by molar-refractivity contribution is 0.792. The third kappa shape index (κ3) is 5.55. The molecule has 0 fully saturated rings. The summed E-state index contributed by atoms with van der Waals surface area (Å²) in [5.74, 6) is 0. The highest BCUT2D eigenvalue weighted by Crippen LogP contribution is 2.13. The summed E-state index contributed by atoms with van der Waals surface area (Å²) >= 11 is 0. The van der Waals surface area contributed by atoms with Crippen LogP contribution in [0.4, 0.5) is 0 Å². The molecule has 0 aliphatic heterocycles. The first-order valence-electron chi connectivity index (χ1n) is 4.94. The van der Waals surface area contributed by atoms with Crippen molar-refractivity contribution in [3.8, 4) is 0 Å². The number of nitrogens with one attached hydrogen (secondary N) is 1. The van der Waals surface area contributed by atoms with E-state index in [4.69, 9.17) is 0 Å². The predicted molar refractivity (Wildman–Crippen MR) is 65.4 cm³/mol. The first-order valence-corrected chi connectivity index (χ1v) is 4.94. The first-order chi connectivity index (χ1) is 6.61. The van der Waals surface area contributed by atoms with Gasteiger partial charge in [-0.15, -0.1) is 0 Å². The molecule has 0 amide bonds. The van der Waals surface area contributed by atoms with Gasteiger partial charge in [-0.1, -0.05) is 37.0 Å². The zero-order chi connectivity index (χ0) is 11.0. The van der Waals surface area contributed by atoms with Crippen molar-refractivity contribution in [3.63, 3.8) is 0 Å². The standard InChI is InChI=1S/C13H21N/c1-6-7-11(2)10-13(4)12(3)8-9-14-5/h6-7,10,14H,3-4,8-9H2,1-2,5H3/b7-6-,11-10-. The lowest BCUT2D eigenvalue weighted by Gasteiger charge is -2.05. The molecule has 0 saturated carbocycles. The second-order valence-corrected chi connectivity index (χ2v) is 3.37. The van der Waals surface area contributed by atoms with Crippen LogP contribution in [0.1, 0.15) is 20.3 Å². The summed E-state index contributed by atoms with van der Waals surface area (Å²) < 4.78 is 0. The molecule has 0 atom stereocenters. The minimum Gasteiger partial charge on any atom is -0.319 e. The fourth-order valence-electron chi connectivity index (χ4n) is 1.12. The van der Waals surface area contributed by atoms with Gasteiger partial charge in [0.15, 0.2) is 0 Å². The fraction of sp³-hybridized carbons (Fsp3) is 0.385. The van der Waals surface area contributed by atoms with Gasteiger partial charge in [0.1, 0.15) is 0 Å². The minimum absolute atomic E-state index is 0.953. The van der Waals surface area contributed by atoms with Gasteiger partial charge < -0.3 is 5.32 Å². The topological polar surface area (TPSA) is 12.0 Å². The van der Waals surface area contributed by atoms with E-state index in [0.717, 1.165) is 24.1 Å². The number of hydrogen-bond donors (Lipinski definition) is 1. The second kappa shape index (κ2) is 7.34. The Balaban J connectivity index is 4.20. The fourth-order valence-corrected chi connectivity index (χ4v) is 1.12. The van der Waals surface area contributed by atoms with Crippen molar-refractivity contribution in [2.24, 2.45) is 0 Å². The molecule has 0 rings (SSSR count). The molecule has 0 unspecified atom stereocenters. The van der Waals surface area contributed by atoms with Crippen LogP contribution in [0.15, 0.2) is 48.1 Å². The quantitative estimate of drug-likeness (QED) is 0.636. The van der Waals surface area contributed by atoms with Gasteiger partial charge in [0, 0.05) is 0 Å². The normalized spacial score (nSPS) is 12.1. The van der Waals surface area contributed by atoms with Gasteiger partial charge in [0.25, 0.3) is 0 Å². The SMILES string of the molecule is C=C(/C=C(C)\C=C/C)C(=C)CCNC. The van der Waals surface area contributed by atoms with Crippen molar-refractivity contribution in [2.75, 3.05) is 13.6 Å². The Morgan fingerprint density at radius 2 is 2.00 bits per heavy atom. The monoisotopic (exact) mass is 191 g/mol. The maximum atomic E-state index is 4.00. The third-order valence-corrected chi connectivity index (χ3v) is 1.96. The van der Waals surface area contributed by atoms with E-state index < -0.39 is 0 Å². The van der Waals surface area contributed by atoms with Crippen LogP contribution in [0, 0.1) is 0 Å². The number of hydrogen-bond acceptors (Lipinski definition) is 1. The van der Waals surface area contributed by atoms with E-state index in [1.54, 1.807) is 0 Å². The van der Waals surface area contributed by atoms with Crippen molar-refractivity contribution in [1.82, 2.24) is 5.32 Å². The Morgan fingerprint density at radius 3 is 2.50 bits per heavy atom. The maximum Gasteiger partial charge on any atom is -0.00114 e. The Labute approximate surface area is 87.9 Å². The number of rotatable bonds is 6. The van der Waals surface area contributed by atoms with Crippen LogP contribution >= 0.6 is 0 Å². The second-order valence-electron chi connectivity index (χ2n) is 3.37. The molecule has 0 saturated heterocycles. The van der Waals surface area contributed by atoms with Crippen molar-refractivity contribution in [3.05, 3.63) is 48.1 Å². The Kier molecular flexibility index (Phi) is 6.77. The summed E-state index contributed by atoms with van der Waals surface area (Å²) in [5.41, 5.74) is 3.34. The van der Waals surface area contributed by atoms with Crippen LogP contribution in [0.5, 0.6) is 0 Å². The van der Waals surface area contributed by atoms with Crippen molar-refractivity contribution in [2.45, 2.75) is 20.3 Å². The van der Waals surface area contributed by atoms with Crippen molar-refractivity contribution < 1.29 is 0 Å². The Morgan fingerprint density at radius 1 is 1.36 bits per heavy atom. The molecule has 0 bridgehead atoms. The minimum atomic E-state index is 0.953. The zero-order valence-corrected chi connectivity index (χ0v) is 9.56. The van der Waals surface area contributed by atoms with Gasteiger partial charge >= 0.3 is 0 Å². The van der Waals surface area contributed by atoms with Crippen LogP contribution in [0.3, 0.4) is 0 Å². The molecule has 0 radical (unpaired) electrons. The van der Waals surface area contributed by atoms with E-state index >= 15 is 0 Å². The summed E-state index contributed by atoms with van der Waals surface area (Å²) in [5, 5.41) is 3.10. The van der Waals surface area contributed by atoms with Crippen molar-refractivity contribution in [1.29, 1.82) is 0 Å². The molecule has 14 heavy (non-hydrogen) atoms. The first kappa shape index (κ1) is 12.9. The van der Waals surface area contributed by atoms with Gasteiger partial charge in [-0.2, -0.15) is 0 Å². The Hall–Kier alpha value is -1.08.